The van der Waals surface area contributed by atoms with Gasteiger partial charge in [0, 0.05) is 6.92 Å². The van der Waals surface area contributed by atoms with Gasteiger partial charge in [0.1, 0.15) is 23.9 Å². The molecule has 0 atom stereocenters. The van der Waals surface area contributed by atoms with Gasteiger partial charge in [-0.25, -0.2) is 0 Å². The largest absolute Gasteiger partial charge is 0.489 e. The van der Waals surface area contributed by atoms with E-state index in [1.54, 1.807) is 19.1 Å². The maximum Gasteiger partial charge on any atom is 0.302 e. The summed E-state index contributed by atoms with van der Waals surface area (Å²) in [7, 11) is -3.84. The van der Waals surface area contributed by atoms with Gasteiger partial charge in [0.05, 0.1) is 6.61 Å². The zero-order valence-electron chi connectivity index (χ0n) is 11.7. The number of carbonyl (C=O) groups excluding carboxylic acids is 1. The Kier molecular flexibility index (Phi) is 5.97. The fourth-order valence-electron chi connectivity index (χ4n) is 1.49. The standard InChI is InChI=1S/C13H18O6S/c1-4-19-20(15,16)13-6-5-10(2)9-12(13)18-8-7-17-11(3)14/h5-6,9H,4,7-8H2,1-3H3. The third-order valence-electron chi connectivity index (χ3n) is 2.29. The van der Waals surface area contributed by atoms with Gasteiger partial charge in [0.15, 0.2) is 0 Å². The number of carbonyl (C=O) groups is 1. The predicted octanol–water partition coefficient (Wildman–Crippen LogP) is 1.66. The Labute approximate surface area is 118 Å². The van der Waals surface area contributed by atoms with E-state index in [2.05, 4.69) is 0 Å². The van der Waals surface area contributed by atoms with E-state index in [9.17, 15) is 13.2 Å². The molecule has 0 heterocycles. The lowest BCUT2D eigenvalue weighted by Gasteiger charge is -2.12. The molecule has 0 N–H and O–H groups in total. The molecular weight excluding hydrogens is 284 g/mol. The fourth-order valence-corrected chi connectivity index (χ4v) is 2.53. The van der Waals surface area contributed by atoms with Gasteiger partial charge in [-0.05, 0) is 31.5 Å². The molecule has 0 fully saturated rings. The van der Waals surface area contributed by atoms with E-state index in [0.29, 0.717) is 0 Å². The molecule has 0 bridgehead atoms. The van der Waals surface area contributed by atoms with Crippen molar-refractivity contribution in [2.45, 2.75) is 25.7 Å². The fraction of sp³-hybridized carbons (Fsp3) is 0.462. The molecule has 6 nitrogen and oxygen atoms in total. The van der Waals surface area contributed by atoms with Crippen LogP contribution < -0.4 is 4.74 Å². The van der Waals surface area contributed by atoms with Crippen molar-refractivity contribution < 1.29 is 26.9 Å². The first kappa shape index (κ1) is 16.5. The van der Waals surface area contributed by atoms with Crippen LogP contribution in [0.3, 0.4) is 0 Å². The van der Waals surface area contributed by atoms with Crippen LogP contribution >= 0.6 is 0 Å². The van der Waals surface area contributed by atoms with E-state index in [1.165, 1.54) is 13.0 Å². The summed E-state index contributed by atoms with van der Waals surface area (Å²) in [6.45, 7) is 4.86. The number of aryl methyl sites for hydroxylation is 1. The van der Waals surface area contributed by atoms with Crippen molar-refractivity contribution in [3.05, 3.63) is 23.8 Å². The highest BCUT2D eigenvalue weighted by Crippen LogP contribution is 2.26. The molecule has 112 valence electrons. The van der Waals surface area contributed by atoms with Gasteiger partial charge in [-0.2, -0.15) is 8.42 Å². The normalized spacial score (nSPS) is 11.2. The smallest absolute Gasteiger partial charge is 0.302 e. The summed E-state index contributed by atoms with van der Waals surface area (Å²) >= 11 is 0. The van der Waals surface area contributed by atoms with Gasteiger partial charge in [0.2, 0.25) is 0 Å². The van der Waals surface area contributed by atoms with Crippen LogP contribution in [0.5, 0.6) is 5.75 Å². The lowest BCUT2D eigenvalue weighted by molar-refractivity contribution is -0.141. The van der Waals surface area contributed by atoms with Gasteiger partial charge in [-0.1, -0.05) is 6.07 Å². The predicted molar refractivity (Wildman–Crippen MR) is 72.1 cm³/mol. The van der Waals surface area contributed by atoms with E-state index in [1.807, 2.05) is 6.92 Å². The van der Waals surface area contributed by atoms with Crippen LogP contribution in [0.15, 0.2) is 23.1 Å². The van der Waals surface area contributed by atoms with Crippen LogP contribution in [0.2, 0.25) is 0 Å². The van der Waals surface area contributed by atoms with Crippen LogP contribution in [0.4, 0.5) is 0 Å². The van der Waals surface area contributed by atoms with Crippen molar-refractivity contribution in [2.75, 3.05) is 19.8 Å². The first-order valence-electron chi connectivity index (χ1n) is 6.13. The van der Waals surface area contributed by atoms with Gasteiger partial charge >= 0.3 is 16.1 Å². The van der Waals surface area contributed by atoms with Crippen molar-refractivity contribution in [1.29, 1.82) is 0 Å². The number of hydrogen-bond donors (Lipinski definition) is 0. The molecule has 0 aliphatic heterocycles. The molecule has 0 aliphatic carbocycles. The van der Waals surface area contributed by atoms with Crippen LogP contribution in [0.1, 0.15) is 19.4 Å². The van der Waals surface area contributed by atoms with Crippen LogP contribution in [0.25, 0.3) is 0 Å². The number of hydrogen-bond acceptors (Lipinski definition) is 6. The maximum absolute atomic E-state index is 11.9. The number of benzene rings is 1. The monoisotopic (exact) mass is 302 g/mol. The summed E-state index contributed by atoms with van der Waals surface area (Å²) in [5.74, 6) is -0.231. The average Bonchev–Trinajstić information content (AvgIpc) is 2.34. The Morgan fingerprint density at radius 1 is 1.25 bits per heavy atom. The minimum Gasteiger partial charge on any atom is -0.489 e. The molecule has 0 saturated carbocycles. The first-order chi connectivity index (χ1) is 9.36. The van der Waals surface area contributed by atoms with Crippen LogP contribution in [-0.2, 0) is 23.8 Å². The lowest BCUT2D eigenvalue weighted by atomic mass is 10.2. The third kappa shape index (κ3) is 4.82. The second-order valence-electron chi connectivity index (χ2n) is 4.00. The van der Waals surface area contributed by atoms with Crippen LogP contribution in [-0.4, -0.2) is 34.2 Å². The summed E-state index contributed by atoms with van der Waals surface area (Å²) in [6.07, 6.45) is 0. The summed E-state index contributed by atoms with van der Waals surface area (Å²) in [6, 6.07) is 4.69. The molecule has 1 rings (SSSR count). The van der Waals surface area contributed by atoms with Gasteiger partial charge in [0.25, 0.3) is 0 Å². The van der Waals surface area contributed by atoms with Crippen molar-refractivity contribution in [3.63, 3.8) is 0 Å². The minimum absolute atomic E-state index is 0.0345. The summed E-state index contributed by atoms with van der Waals surface area (Å²) in [5, 5.41) is 0. The molecule has 1 aromatic rings. The zero-order valence-corrected chi connectivity index (χ0v) is 12.5. The van der Waals surface area contributed by atoms with E-state index < -0.39 is 16.1 Å². The summed E-state index contributed by atoms with van der Waals surface area (Å²) in [5.41, 5.74) is 0.850. The Morgan fingerprint density at radius 2 is 1.95 bits per heavy atom. The highest BCUT2D eigenvalue weighted by Gasteiger charge is 2.20. The Balaban J connectivity index is 2.88. The second-order valence-corrected chi connectivity index (χ2v) is 5.58. The van der Waals surface area contributed by atoms with Crippen molar-refractivity contribution >= 4 is 16.1 Å². The second kappa shape index (κ2) is 7.25. The van der Waals surface area contributed by atoms with Crippen molar-refractivity contribution in [3.8, 4) is 5.75 Å². The zero-order chi connectivity index (χ0) is 15.2. The summed E-state index contributed by atoms with van der Waals surface area (Å²) < 4.78 is 38.7. The number of esters is 1. The molecule has 0 spiro atoms. The molecule has 0 amide bonds. The molecule has 0 aromatic heterocycles. The number of rotatable bonds is 7. The number of ether oxygens (including phenoxy) is 2. The molecular formula is C13H18O6S. The first-order valence-corrected chi connectivity index (χ1v) is 7.54. The summed E-state index contributed by atoms with van der Waals surface area (Å²) in [4.78, 5) is 10.6. The highest BCUT2D eigenvalue weighted by molar-refractivity contribution is 7.86. The van der Waals surface area contributed by atoms with Gasteiger partial charge in [-0.15, -0.1) is 0 Å². The maximum atomic E-state index is 11.9. The lowest BCUT2D eigenvalue weighted by Crippen LogP contribution is -2.13. The third-order valence-corrected chi connectivity index (χ3v) is 3.71. The quantitative estimate of drug-likeness (QED) is 0.433. The van der Waals surface area contributed by atoms with Crippen molar-refractivity contribution in [2.24, 2.45) is 0 Å². The molecule has 1 aromatic carbocycles. The van der Waals surface area contributed by atoms with E-state index in [-0.39, 0.29) is 30.5 Å². The topological polar surface area (TPSA) is 78.9 Å². The molecule has 0 aliphatic rings. The molecule has 0 unspecified atom stereocenters. The Morgan fingerprint density at radius 3 is 2.55 bits per heavy atom. The Hall–Kier alpha value is -1.60. The van der Waals surface area contributed by atoms with E-state index in [0.717, 1.165) is 5.56 Å². The van der Waals surface area contributed by atoms with E-state index >= 15 is 0 Å². The highest BCUT2D eigenvalue weighted by atomic mass is 32.2. The van der Waals surface area contributed by atoms with Crippen molar-refractivity contribution in [1.82, 2.24) is 0 Å². The van der Waals surface area contributed by atoms with E-state index in [4.69, 9.17) is 13.7 Å². The van der Waals surface area contributed by atoms with Gasteiger partial charge < -0.3 is 9.47 Å². The van der Waals surface area contributed by atoms with Gasteiger partial charge in [-0.3, -0.25) is 8.98 Å². The molecule has 0 radical (unpaired) electrons. The molecule has 0 saturated heterocycles. The SMILES string of the molecule is CCOS(=O)(=O)c1ccc(C)cc1OCCOC(C)=O. The Bertz CT molecular complexity index is 564. The van der Waals surface area contributed by atoms with Crippen LogP contribution in [0, 0.1) is 6.92 Å². The average molecular weight is 302 g/mol. The minimum atomic E-state index is -3.84. The molecule has 7 heteroatoms. The molecule has 20 heavy (non-hydrogen) atoms.